The fourth-order valence-electron chi connectivity index (χ4n) is 8.73. The molecule has 1 fully saturated rings. The number of primary amides is 1. The van der Waals surface area contributed by atoms with Crippen LogP contribution in [0.25, 0.3) is 0 Å². The van der Waals surface area contributed by atoms with E-state index in [1.54, 1.807) is 34.6 Å². The zero-order valence-corrected chi connectivity index (χ0v) is 47.6. The molecule has 1 rings (SSSR count). The zero-order valence-electron chi connectivity index (χ0n) is 47.6. The van der Waals surface area contributed by atoms with E-state index in [4.69, 9.17) is 10.6 Å². The van der Waals surface area contributed by atoms with Crippen molar-refractivity contribution >= 4 is 71.0 Å². The van der Waals surface area contributed by atoms with Gasteiger partial charge >= 0.3 is 11.9 Å². The predicted octanol–water partition coefficient (Wildman–Crippen LogP) is 0.848. The largest absolute Gasteiger partial charge is 0.481 e. The van der Waals surface area contributed by atoms with Crippen LogP contribution in [0.3, 0.4) is 0 Å². The number of nitrogens with zero attached hydrogens (tertiary/aromatic N) is 1. The Morgan fingerprint density at radius 2 is 0.924 bits per heavy atom. The molecule has 0 radical (unpaired) electrons. The van der Waals surface area contributed by atoms with Gasteiger partial charge in [-0.05, 0) is 43.9 Å². The van der Waals surface area contributed by atoms with Crippen molar-refractivity contribution in [2.24, 2.45) is 17.6 Å². The van der Waals surface area contributed by atoms with Crippen molar-refractivity contribution in [3.8, 4) is 0 Å². The minimum Gasteiger partial charge on any atom is -0.481 e. The van der Waals surface area contributed by atoms with Gasteiger partial charge in [-0.2, -0.15) is 0 Å². The number of aliphatic hydroxyl groups excluding tert-OH is 1. The van der Waals surface area contributed by atoms with Crippen LogP contribution in [0.5, 0.6) is 0 Å². The molecule has 1 saturated heterocycles. The third kappa shape index (κ3) is 27.8. The first kappa shape index (κ1) is 70.6. The van der Waals surface area contributed by atoms with E-state index < -0.39 is 151 Å². The minimum absolute atomic E-state index is 0.0310. The first-order valence-electron chi connectivity index (χ1n) is 28.0. The van der Waals surface area contributed by atoms with Crippen molar-refractivity contribution < 1.29 is 77.7 Å². The van der Waals surface area contributed by atoms with E-state index in [2.05, 4.69) is 49.5 Å². The molecule has 0 aromatic carbocycles. The number of amides is 10. The van der Waals surface area contributed by atoms with Gasteiger partial charge in [0.1, 0.15) is 61.0 Å². The number of hydrogen-bond donors (Lipinski definition) is 12. The fraction of sp³-hybridized carbons (Fsp3) is 0.774. The molecule has 1 heterocycles. The quantitative estimate of drug-likeness (QED) is 0.0377. The molecular weight excluding hydrogens is 1030 g/mol. The van der Waals surface area contributed by atoms with Crippen molar-refractivity contribution in [1.82, 2.24) is 47.6 Å². The van der Waals surface area contributed by atoms with Gasteiger partial charge in [0.2, 0.25) is 53.2 Å². The second-order valence-electron chi connectivity index (χ2n) is 21.1. The molecule has 10 amide bonds. The van der Waals surface area contributed by atoms with Gasteiger partial charge in [0.05, 0.1) is 19.4 Å². The molecule has 0 aromatic rings. The number of carboxylic acids is 2. The molecule has 13 N–H and O–H groups in total. The second-order valence-corrected chi connectivity index (χ2v) is 21.1. The van der Waals surface area contributed by atoms with Crippen LogP contribution >= 0.6 is 0 Å². The third-order valence-electron chi connectivity index (χ3n) is 12.9. The lowest BCUT2D eigenvalue weighted by Gasteiger charge is -2.29. The van der Waals surface area contributed by atoms with Gasteiger partial charge in [-0.15, -0.1) is 0 Å². The fourth-order valence-corrected chi connectivity index (χ4v) is 8.73. The number of carbonyl (C=O) groups excluding carboxylic acids is 10. The highest BCUT2D eigenvalue weighted by molar-refractivity contribution is 5.99. The molecule has 1 aliphatic rings. The lowest BCUT2D eigenvalue weighted by molar-refractivity contribution is -0.180. The summed E-state index contributed by atoms with van der Waals surface area (Å²) in [5.41, 5.74) is 5.42. The summed E-state index contributed by atoms with van der Waals surface area (Å²) in [5, 5.41) is 50.0. The highest BCUT2D eigenvalue weighted by Gasteiger charge is 2.44. The van der Waals surface area contributed by atoms with Crippen molar-refractivity contribution in [3.63, 3.8) is 0 Å². The Morgan fingerprint density at radius 3 is 1.37 bits per heavy atom. The van der Waals surface area contributed by atoms with E-state index in [1.807, 2.05) is 6.92 Å². The van der Waals surface area contributed by atoms with E-state index in [9.17, 15) is 72.9 Å². The Labute approximate surface area is 464 Å². The first-order valence-corrected chi connectivity index (χ1v) is 28.0. The maximum absolute atomic E-state index is 14.2. The van der Waals surface area contributed by atoms with Gasteiger partial charge in [0.25, 0.3) is 5.91 Å². The monoisotopic (exact) mass is 1120 g/mol. The molecule has 0 unspecified atom stereocenters. The molecule has 79 heavy (non-hydrogen) atoms. The molecule has 0 saturated carbocycles. The average molecular weight is 1130 g/mol. The van der Waals surface area contributed by atoms with Crippen molar-refractivity contribution in [2.75, 3.05) is 13.2 Å². The number of aliphatic hydroxyl groups is 1. The number of unbranched alkanes of at least 4 members (excludes halogenated alkanes) is 10. The van der Waals surface area contributed by atoms with Crippen LogP contribution in [-0.4, -0.2) is 159 Å². The van der Waals surface area contributed by atoms with Crippen molar-refractivity contribution in [2.45, 2.75) is 238 Å². The molecule has 26 nitrogen and oxygen atoms in total. The summed E-state index contributed by atoms with van der Waals surface area (Å²) in [6, 6.07) is -13.1. The van der Waals surface area contributed by atoms with E-state index in [0.29, 0.717) is 30.7 Å². The number of nitrogens with two attached hydrogens (primary N) is 1. The van der Waals surface area contributed by atoms with Crippen LogP contribution in [0.1, 0.15) is 184 Å². The Bertz CT molecular complexity index is 2020. The average Bonchev–Trinajstić information content (AvgIpc) is 3.74. The van der Waals surface area contributed by atoms with Crippen LogP contribution in [0.15, 0.2) is 0 Å². The van der Waals surface area contributed by atoms with Crippen molar-refractivity contribution in [1.29, 1.82) is 0 Å². The van der Waals surface area contributed by atoms with Crippen LogP contribution < -0.4 is 48.3 Å². The van der Waals surface area contributed by atoms with Gasteiger partial charge in [0, 0.05) is 6.92 Å². The summed E-state index contributed by atoms with van der Waals surface area (Å²) in [4.78, 5) is 164. The van der Waals surface area contributed by atoms with Crippen LogP contribution in [0.4, 0.5) is 0 Å². The van der Waals surface area contributed by atoms with E-state index in [-0.39, 0.29) is 43.9 Å². The number of aliphatic carboxylic acids is 2. The summed E-state index contributed by atoms with van der Waals surface area (Å²) in [7, 11) is 0. The highest BCUT2D eigenvalue weighted by atomic mass is 16.7. The minimum atomic E-state index is -1.87. The van der Waals surface area contributed by atoms with Gasteiger partial charge in [-0.25, -0.2) is 5.06 Å². The molecule has 26 heteroatoms. The van der Waals surface area contributed by atoms with Crippen LogP contribution in [-0.2, 0) is 62.4 Å². The molecule has 450 valence electrons. The van der Waals surface area contributed by atoms with E-state index >= 15 is 0 Å². The topological polar surface area (TPSA) is 400 Å². The Morgan fingerprint density at radius 1 is 0.519 bits per heavy atom. The lowest BCUT2D eigenvalue weighted by Crippen LogP contribution is -2.60. The first-order chi connectivity index (χ1) is 37.3. The number of rotatable bonds is 42. The molecule has 0 aliphatic carbocycles. The maximum Gasteiger partial charge on any atom is 0.305 e. The standard InChI is InChI=1S/C53H92N10O16/c1-9-12-14-16-18-20-23-35(55-33(8)65)46(71)61-40(29-64)51(76)58-37(25-31(4)5)48(73)62-41-30-79-63(53(41)78)42(26-32(6)7)52(77)60-39(28-44(68)69)50(75)57-36(24-21-19-17-15-13-10-2)47(72)59-38(27-43(66)67)49(74)56-34(22-11-3)45(54)70/h31-32,34-42,64H,9-30H2,1-8H3,(H2,54,70)(H,55,65)(H,56,74)(H,57,75)(H,58,76)(H,59,72)(H,60,77)(H,61,71)(H,62,73)(H,66,67)(H,68,69)/t34-,35-,36-,37-,38-,39-,40-,41-,42-/m0/s1. The summed E-state index contributed by atoms with van der Waals surface area (Å²) in [6.07, 6.45) is 8.83. The molecule has 9 atom stereocenters. The van der Waals surface area contributed by atoms with Gasteiger partial charge in [-0.1, -0.05) is 132 Å². The molecule has 0 aromatic heterocycles. The number of hydroxylamine groups is 2. The molecule has 0 bridgehead atoms. The van der Waals surface area contributed by atoms with Gasteiger partial charge in [0.15, 0.2) is 0 Å². The number of carboxylic acid groups (broad SMARTS) is 2. The van der Waals surface area contributed by atoms with Crippen molar-refractivity contribution in [3.05, 3.63) is 0 Å². The van der Waals surface area contributed by atoms with Gasteiger partial charge < -0.3 is 63.6 Å². The Balaban J connectivity index is 3.38. The summed E-state index contributed by atoms with van der Waals surface area (Å²) in [5.74, 6) is -12.6. The lowest BCUT2D eigenvalue weighted by atomic mass is 10.0. The van der Waals surface area contributed by atoms with E-state index in [1.165, 1.54) is 6.92 Å². The highest BCUT2D eigenvalue weighted by Crippen LogP contribution is 2.20. The van der Waals surface area contributed by atoms with E-state index in [0.717, 1.165) is 57.8 Å². The van der Waals surface area contributed by atoms with Crippen LogP contribution in [0, 0.1) is 11.8 Å². The summed E-state index contributed by atoms with van der Waals surface area (Å²) >= 11 is 0. The molecular formula is C53H92N10O16. The maximum atomic E-state index is 14.2. The van der Waals surface area contributed by atoms with Crippen LogP contribution in [0.2, 0.25) is 0 Å². The second kappa shape index (κ2) is 38.2. The number of nitrogens with one attached hydrogen (secondary N) is 8. The predicted molar refractivity (Wildman–Crippen MR) is 288 cm³/mol. The third-order valence-corrected chi connectivity index (χ3v) is 12.9. The molecule has 1 aliphatic heterocycles. The number of hydrogen-bond acceptors (Lipinski definition) is 14. The SMILES string of the molecule is CCCCCCCC[C@H](NC(C)=O)C(=O)N[C@@H](CO)C(=O)N[C@@H](CC(C)C)C(=O)N[C@H]1CON([C@@H](CC(C)C)C(=O)N[C@@H](CC(=O)O)C(=O)N[C@@H](CCCCCCCC)C(=O)N[C@@H](CC(=O)O)C(=O)N[C@@H](CCC)C(N)=O)C1=O. The smallest absolute Gasteiger partial charge is 0.305 e. The number of carbonyl (C=O) groups is 12. The van der Waals surface area contributed by atoms with Gasteiger partial charge in [-0.3, -0.25) is 62.4 Å². The Kier molecular flexibility index (Phi) is 34.1. The zero-order chi connectivity index (χ0) is 59.8. The summed E-state index contributed by atoms with van der Waals surface area (Å²) in [6.45, 7) is 12.7. The molecule has 0 spiro atoms. The normalized spacial score (nSPS) is 16.3. The Hall–Kier alpha value is -6.44. The summed E-state index contributed by atoms with van der Waals surface area (Å²) < 4.78 is 0.